The lowest BCUT2D eigenvalue weighted by molar-refractivity contribution is -0.196. The zero-order valence-corrected chi connectivity index (χ0v) is 23.9. The number of hydrogen-bond acceptors (Lipinski definition) is 11. The van der Waals surface area contributed by atoms with Gasteiger partial charge in [0.25, 0.3) is 11.8 Å². The molecule has 2 saturated carbocycles. The van der Waals surface area contributed by atoms with Crippen molar-refractivity contribution in [2.45, 2.75) is 37.1 Å². The Kier molecular flexibility index (Phi) is 6.50. The van der Waals surface area contributed by atoms with E-state index >= 15 is 0 Å². The molecule has 8 atom stereocenters. The Morgan fingerprint density at radius 3 is 2.11 bits per heavy atom. The summed E-state index contributed by atoms with van der Waals surface area (Å²) in [6.45, 7) is 1.20. The van der Waals surface area contributed by atoms with E-state index in [1.807, 2.05) is 0 Å². The van der Waals surface area contributed by atoms with Crippen molar-refractivity contribution in [2.75, 3.05) is 14.1 Å². The van der Waals surface area contributed by atoms with Gasteiger partial charge in [-0.1, -0.05) is 31.2 Å². The van der Waals surface area contributed by atoms with Crippen molar-refractivity contribution in [1.82, 2.24) is 9.80 Å². The Bertz CT molecular complexity index is 1700. The highest BCUT2D eigenvalue weighted by molar-refractivity contribution is 6.32. The third kappa shape index (κ3) is 3.60. The van der Waals surface area contributed by atoms with Gasteiger partial charge in [-0.05, 0) is 37.7 Å². The number of fused-ring (bicyclic) bond motifs is 4. The number of primary amides is 1. The molecule has 13 nitrogen and oxygen atoms in total. The first-order valence-corrected chi connectivity index (χ1v) is 14.0. The number of hydrogen-bond donors (Lipinski definition) is 4. The lowest BCUT2D eigenvalue weighted by Crippen LogP contribution is -2.77. The van der Waals surface area contributed by atoms with Crippen molar-refractivity contribution in [1.29, 1.82) is 0 Å². The van der Waals surface area contributed by atoms with E-state index in [-0.39, 0.29) is 27.8 Å². The number of nitrogens with two attached hydrogens (primary N) is 1. The first-order valence-electron chi connectivity index (χ1n) is 14.0. The summed E-state index contributed by atoms with van der Waals surface area (Å²) in [4.78, 5) is 95.1. The standard InChI is InChI=1S/C31H29N3O10/c1-11-13-9-8-12(10-34-29(42)14-6-4-5-7-15(14)30(34)43)22(35)17(13)23(36)18-16(11)24(37)20-21(33(2)3)25(38)19(28(32)41)27(40)31(20,44)26(18)39/h4-9,11,16,18-21,24,35,37,44H,10H2,1-3H3,(H2,32,41)/t11-,16+,18?,19?,20+,21-,24-,31-/m0/s1. The summed E-state index contributed by atoms with van der Waals surface area (Å²) in [5, 5.41) is 34.8. The van der Waals surface area contributed by atoms with Crippen LogP contribution in [0.2, 0.25) is 0 Å². The van der Waals surface area contributed by atoms with Gasteiger partial charge in [0, 0.05) is 11.5 Å². The van der Waals surface area contributed by atoms with Gasteiger partial charge in [0.05, 0.1) is 47.2 Å². The van der Waals surface area contributed by atoms with E-state index in [0.29, 0.717) is 0 Å². The van der Waals surface area contributed by atoms with Crippen molar-refractivity contribution in [3.63, 3.8) is 0 Å². The number of imide groups is 1. The average molecular weight is 604 g/mol. The number of nitrogens with zero attached hydrogens (tertiary/aromatic N) is 2. The molecule has 0 bridgehead atoms. The van der Waals surface area contributed by atoms with E-state index in [2.05, 4.69) is 0 Å². The summed E-state index contributed by atoms with van der Waals surface area (Å²) in [5.74, 6) is -15.7. The number of amides is 3. The topological polar surface area (TPSA) is 213 Å². The predicted octanol–water partition coefficient (Wildman–Crippen LogP) is -0.805. The number of benzene rings is 2. The zero-order valence-electron chi connectivity index (χ0n) is 23.9. The van der Waals surface area contributed by atoms with E-state index in [9.17, 15) is 48.9 Å². The van der Waals surface area contributed by atoms with Gasteiger partial charge in [0.2, 0.25) is 5.91 Å². The van der Waals surface area contributed by atoms with Crippen molar-refractivity contribution in [2.24, 2.45) is 29.4 Å². The number of carbonyl (C=O) groups excluding carboxylic acids is 7. The first kappa shape index (κ1) is 29.5. The molecule has 2 fully saturated rings. The molecule has 13 heteroatoms. The number of phenols is 1. The monoisotopic (exact) mass is 603 g/mol. The Hall–Kier alpha value is -4.59. The number of aliphatic hydroxyl groups excluding tert-OH is 1. The van der Waals surface area contributed by atoms with Gasteiger partial charge < -0.3 is 21.1 Å². The molecule has 3 aliphatic carbocycles. The highest BCUT2D eigenvalue weighted by Gasteiger charge is 2.72. The van der Waals surface area contributed by atoms with Crippen LogP contribution >= 0.6 is 0 Å². The summed E-state index contributed by atoms with van der Waals surface area (Å²) in [7, 11) is 2.83. The molecule has 0 radical (unpaired) electrons. The minimum atomic E-state index is -3.11. The summed E-state index contributed by atoms with van der Waals surface area (Å²) in [6, 6.07) is 7.66. The van der Waals surface area contributed by atoms with Crippen LogP contribution in [0.4, 0.5) is 0 Å². The highest BCUT2D eigenvalue weighted by Crippen LogP contribution is 2.54. The smallest absolute Gasteiger partial charge is 0.261 e. The van der Waals surface area contributed by atoms with Crippen LogP contribution in [0.5, 0.6) is 5.75 Å². The van der Waals surface area contributed by atoms with Crippen LogP contribution in [0.25, 0.3) is 0 Å². The molecule has 0 aromatic heterocycles. The first-order chi connectivity index (χ1) is 20.7. The Balaban J connectivity index is 1.44. The van der Waals surface area contributed by atoms with Gasteiger partial charge in [0.1, 0.15) is 5.75 Å². The number of phenolic OH excluding ortho intramolecular Hbond substituents is 1. The summed E-state index contributed by atoms with van der Waals surface area (Å²) in [6.07, 6.45) is -1.75. The maximum absolute atomic E-state index is 14.1. The highest BCUT2D eigenvalue weighted by atomic mass is 16.3. The minimum absolute atomic E-state index is 0.0263. The fraction of sp³-hybridized carbons (Fsp3) is 0.387. The fourth-order valence-electron chi connectivity index (χ4n) is 7.71. The number of aliphatic hydroxyl groups is 2. The van der Waals surface area contributed by atoms with Gasteiger partial charge in [-0.25, -0.2) is 0 Å². The van der Waals surface area contributed by atoms with E-state index in [1.165, 1.54) is 43.3 Å². The molecule has 1 aliphatic heterocycles. The molecular weight excluding hydrogens is 574 g/mol. The molecule has 5 N–H and O–H groups in total. The van der Waals surface area contributed by atoms with Gasteiger partial charge in [-0.2, -0.15) is 0 Å². The molecule has 1 heterocycles. The molecule has 44 heavy (non-hydrogen) atoms. The van der Waals surface area contributed by atoms with Crippen LogP contribution in [-0.2, 0) is 25.7 Å². The van der Waals surface area contributed by atoms with E-state index in [1.54, 1.807) is 19.1 Å². The van der Waals surface area contributed by atoms with E-state index in [0.717, 1.165) is 4.90 Å². The van der Waals surface area contributed by atoms with Gasteiger partial charge >= 0.3 is 0 Å². The largest absolute Gasteiger partial charge is 0.507 e. The van der Waals surface area contributed by atoms with Gasteiger partial charge in [-0.3, -0.25) is 43.4 Å². The Morgan fingerprint density at radius 1 is 0.977 bits per heavy atom. The van der Waals surface area contributed by atoms with Crippen LogP contribution < -0.4 is 5.73 Å². The predicted molar refractivity (Wildman–Crippen MR) is 148 cm³/mol. The molecule has 6 rings (SSSR count). The van der Waals surface area contributed by atoms with E-state index < -0.39 is 100 Å². The van der Waals surface area contributed by atoms with Crippen LogP contribution in [0, 0.1) is 23.7 Å². The summed E-state index contributed by atoms with van der Waals surface area (Å²) in [5.41, 5.74) is 2.56. The molecule has 2 aromatic rings. The quantitative estimate of drug-likeness (QED) is 0.251. The molecule has 2 unspecified atom stereocenters. The molecule has 4 aliphatic rings. The molecule has 228 valence electrons. The maximum atomic E-state index is 14.1. The molecule has 0 spiro atoms. The zero-order chi connectivity index (χ0) is 32.2. The van der Waals surface area contributed by atoms with Crippen molar-refractivity contribution >= 4 is 40.9 Å². The number of rotatable bonds is 4. The Labute approximate surface area is 250 Å². The van der Waals surface area contributed by atoms with E-state index in [4.69, 9.17) is 5.73 Å². The normalized spacial score (nSPS) is 32.9. The fourth-order valence-corrected chi connectivity index (χ4v) is 7.71. The van der Waals surface area contributed by atoms with Crippen LogP contribution in [0.15, 0.2) is 36.4 Å². The number of likely N-dealkylation sites (N-methyl/N-ethyl adjacent to an activating group) is 1. The van der Waals surface area contributed by atoms with Crippen molar-refractivity contribution in [3.8, 4) is 5.75 Å². The van der Waals surface area contributed by atoms with Crippen molar-refractivity contribution in [3.05, 3.63) is 64.2 Å². The number of aromatic hydroxyl groups is 1. The van der Waals surface area contributed by atoms with Crippen molar-refractivity contribution < 1.29 is 48.9 Å². The Morgan fingerprint density at radius 2 is 1.57 bits per heavy atom. The number of ketones is 4. The van der Waals surface area contributed by atoms with Gasteiger partial charge in [-0.15, -0.1) is 0 Å². The van der Waals surface area contributed by atoms with Crippen LogP contribution in [-0.4, -0.2) is 97.8 Å². The molecule has 0 saturated heterocycles. The lowest BCUT2D eigenvalue weighted by Gasteiger charge is -2.56. The second-order valence-electron chi connectivity index (χ2n) is 12.1. The molecule has 2 aromatic carbocycles. The number of carbonyl (C=O) groups is 7. The molecular formula is C31H29N3O10. The molecule has 3 amide bonds. The van der Waals surface area contributed by atoms with Crippen LogP contribution in [0.3, 0.4) is 0 Å². The van der Waals surface area contributed by atoms with Crippen LogP contribution in [0.1, 0.15) is 55.0 Å². The number of Topliss-reactive ketones (excluding diaryl/α,β-unsaturated/α-hetero) is 4. The maximum Gasteiger partial charge on any atom is 0.261 e. The SMILES string of the molecule is C[C@H]1c2ccc(CN3C(=O)c4ccccc4C3=O)c(O)c2C(=O)C2C(=O)[C@]3(O)C(=O)C(C(N)=O)C(=O)[C@@H](N(C)C)[C@@H]3[C@@H](O)[C@@H]21. The lowest BCUT2D eigenvalue weighted by atomic mass is 9.49. The average Bonchev–Trinajstić information content (AvgIpc) is 3.20. The summed E-state index contributed by atoms with van der Waals surface area (Å²) < 4.78 is 0. The second kappa shape index (κ2) is 9.71. The second-order valence-corrected chi connectivity index (χ2v) is 12.1. The minimum Gasteiger partial charge on any atom is -0.507 e. The summed E-state index contributed by atoms with van der Waals surface area (Å²) >= 11 is 0. The third-order valence-corrected chi connectivity index (χ3v) is 9.78. The third-order valence-electron chi connectivity index (χ3n) is 9.78. The van der Waals surface area contributed by atoms with Gasteiger partial charge in [0.15, 0.2) is 34.7 Å².